The van der Waals surface area contributed by atoms with Crippen LogP contribution < -0.4 is 0 Å². The number of aliphatic hydroxyl groups is 2. The number of hydrogen-bond donors (Lipinski definition) is 3. The SMILES string of the molecule is CO[C@H]1C[C@@H]2CCC[C@@H](C)[C@@](O)(O2)C(=O)C(=O)N2CCCC[C@H]2C(=O)O[C@H]([C@H](C)C[C@@H]2CCC(C)[C@H](OC)C2)CC(=O)[C@H](C)/C=C(\C)[C@@H](O)[C@@H](OC)C(=O)[C@@H](C)C[C@H](C)/C=C/C=C/C=C1C.c1nn[nH]n1. The summed E-state index contributed by atoms with van der Waals surface area (Å²) in [5, 5.41) is 35.8. The van der Waals surface area contributed by atoms with Crippen molar-refractivity contribution in [3.63, 3.8) is 0 Å². The number of hydrogen-bond acceptors (Lipinski definition) is 15. The number of aromatic amines is 1. The van der Waals surface area contributed by atoms with E-state index in [0.29, 0.717) is 62.9 Å². The van der Waals surface area contributed by atoms with E-state index in [9.17, 15) is 34.2 Å². The highest BCUT2D eigenvalue weighted by Gasteiger charge is 2.52. The van der Waals surface area contributed by atoms with Crippen LogP contribution in [0.1, 0.15) is 139 Å². The van der Waals surface area contributed by atoms with Gasteiger partial charge in [-0.25, -0.2) is 4.79 Å². The Labute approximate surface area is 421 Å². The van der Waals surface area contributed by atoms with Gasteiger partial charge in [-0.1, -0.05) is 89.6 Å². The summed E-state index contributed by atoms with van der Waals surface area (Å²) >= 11 is 0. The number of Topliss-reactive ketones (excluding diaryl/α,β-unsaturated/α-hetero) is 3. The minimum Gasteiger partial charge on any atom is -0.460 e. The normalized spacial score (nSPS) is 37.2. The number of ketones is 3. The lowest BCUT2D eigenvalue weighted by Crippen LogP contribution is -2.59. The number of esters is 1. The van der Waals surface area contributed by atoms with Crippen molar-refractivity contribution >= 4 is 29.2 Å². The van der Waals surface area contributed by atoms with E-state index in [1.807, 2.05) is 58.1 Å². The van der Waals surface area contributed by atoms with Gasteiger partial charge in [0.25, 0.3) is 11.7 Å². The number of carbonyl (C=O) groups is 5. The molecule has 15 atom stereocenters. The highest BCUT2D eigenvalue weighted by molar-refractivity contribution is 6.39. The summed E-state index contributed by atoms with van der Waals surface area (Å²) in [5.74, 6) is -7.09. The van der Waals surface area contributed by atoms with Crippen LogP contribution >= 0.6 is 0 Å². The van der Waals surface area contributed by atoms with Gasteiger partial charge in [-0.2, -0.15) is 5.21 Å². The molecule has 1 aromatic heterocycles. The fraction of sp³-hybridized carbons (Fsp3) is 0.741. The Morgan fingerprint density at radius 3 is 2.27 bits per heavy atom. The molecule has 3 aliphatic heterocycles. The zero-order chi connectivity index (χ0) is 52.4. The van der Waals surface area contributed by atoms with Gasteiger partial charge in [0.15, 0.2) is 12.1 Å². The van der Waals surface area contributed by atoms with Crippen LogP contribution in [0.4, 0.5) is 0 Å². The molecule has 0 spiro atoms. The molecule has 398 valence electrons. The van der Waals surface area contributed by atoms with Gasteiger partial charge in [0.2, 0.25) is 5.79 Å². The average molecular weight is 996 g/mol. The van der Waals surface area contributed by atoms with Crippen molar-refractivity contribution in [1.82, 2.24) is 25.5 Å². The predicted molar refractivity (Wildman–Crippen MR) is 267 cm³/mol. The summed E-state index contributed by atoms with van der Waals surface area (Å²) < 4.78 is 29.9. The Balaban J connectivity index is 0.00000205. The highest BCUT2D eigenvalue weighted by atomic mass is 16.6. The zero-order valence-corrected chi connectivity index (χ0v) is 44.3. The molecule has 3 N–H and O–H groups in total. The standard InChI is InChI=1S/C53H83NO12.CH2N4/c1-32-18-13-12-14-19-33(2)45(63-10)30-41-21-17-20-39(8)53(61,66-41)50(58)51(59)54-25-16-15-22-42(54)52(60)65-46(36(5)28-40-24-23-34(3)44(29-40)62-9)31-43(55)35(4)27-38(7)48(57)49(64-11)47(56)37(6)26-32;1-2-4-5-3-1/h12-14,18-19,27,32,34-37,39-42,44-46,48-49,57,61H,15-17,20-26,28-31H2,1-11H3;1H,(H,2,3,4,5)/b14-12+,18-13+,33-19?,38-27+;/t32-,34?,35-,36-,37+,39-,40+,41+,42+,44-,45+,46+,48-,49+,53-;/m1./s1. The van der Waals surface area contributed by atoms with Crippen molar-refractivity contribution in [3.05, 3.63) is 53.9 Å². The summed E-state index contributed by atoms with van der Waals surface area (Å²) in [5.41, 5.74) is 1.30. The van der Waals surface area contributed by atoms with Crippen LogP contribution in [0.2, 0.25) is 0 Å². The van der Waals surface area contributed by atoms with Gasteiger partial charge < -0.3 is 38.8 Å². The van der Waals surface area contributed by atoms with Gasteiger partial charge in [0.1, 0.15) is 30.1 Å². The number of rotatable bonds is 6. The fourth-order valence-corrected chi connectivity index (χ4v) is 10.7. The van der Waals surface area contributed by atoms with E-state index in [0.717, 1.165) is 24.8 Å². The second-order valence-electron chi connectivity index (χ2n) is 20.9. The monoisotopic (exact) mass is 996 g/mol. The summed E-state index contributed by atoms with van der Waals surface area (Å²) in [7, 11) is 4.71. The largest absolute Gasteiger partial charge is 0.460 e. The quantitative estimate of drug-likeness (QED) is 0.147. The molecule has 71 heavy (non-hydrogen) atoms. The fourth-order valence-electron chi connectivity index (χ4n) is 10.7. The molecule has 1 amide bonds. The molecule has 2 saturated heterocycles. The first-order chi connectivity index (χ1) is 33.7. The van der Waals surface area contributed by atoms with Crippen molar-refractivity contribution in [2.24, 2.45) is 41.4 Å². The second kappa shape index (κ2) is 28.8. The molecule has 0 aromatic carbocycles. The molecule has 4 heterocycles. The van der Waals surface area contributed by atoms with Crippen LogP contribution in [-0.4, -0.2) is 141 Å². The maximum Gasteiger partial charge on any atom is 0.329 e. The Kier molecular flexibility index (Phi) is 24.1. The third-order valence-electron chi connectivity index (χ3n) is 15.4. The van der Waals surface area contributed by atoms with Crippen molar-refractivity contribution in [2.75, 3.05) is 27.9 Å². The lowest BCUT2D eigenvalue weighted by molar-refractivity contribution is -0.242. The minimum atomic E-state index is -2.43. The first-order valence-corrected chi connectivity index (χ1v) is 25.9. The molecule has 1 aromatic rings. The highest BCUT2D eigenvalue weighted by Crippen LogP contribution is 2.38. The third kappa shape index (κ3) is 16.9. The third-order valence-corrected chi connectivity index (χ3v) is 15.4. The molecule has 5 rings (SSSR count). The number of aliphatic hydroxyl groups excluding tert-OH is 1. The van der Waals surface area contributed by atoms with E-state index in [-0.39, 0.29) is 54.8 Å². The minimum absolute atomic E-state index is 0.0294. The summed E-state index contributed by atoms with van der Waals surface area (Å²) in [6.45, 7) is 15.1. The topological polar surface area (TPSA) is 230 Å². The molecule has 17 nitrogen and oxygen atoms in total. The van der Waals surface area contributed by atoms with Crippen LogP contribution in [0.15, 0.2) is 53.9 Å². The number of fused-ring (bicyclic) bond motifs is 3. The van der Waals surface area contributed by atoms with E-state index in [1.54, 1.807) is 41.1 Å². The van der Waals surface area contributed by atoms with E-state index in [2.05, 4.69) is 27.5 Å². The maximum absolute atomic E-state index is 14.4. The van der Waals surface area contributed by atoms with E-state index in [4.69, 9.17) is 23.7 Å². The van der Waals surface area contributed by atoms with Gasteiger partial charge in [0.05, 0.1) is 18.3 Å². The number of carbonyl (C=O) groups excluding carboxylic acids is 5. The number of allylic oxidation sites excluding steroid dienone is 6. The van der Waals surface area contributed by atoms with E-state index in [1.165, 1.54) is 18.3 Å². The molecule has 1 aliphatic carbocycles. The van der Waals surface area contributed by atoms with Crippen LogP contribution in [0.25, 0.3) is 0 Å². The molecular weight excluding hydrogens is 911 g/mol. The molecular formula is C54H85N5O12. The molecule has 2 bridgehead atoms. The Morgan fingerprint density at radius 2 is 1.62 bits per heavy atom. The molecule has 0 radical (unpaired) electrons. The molecule has 3 fully saturated rings. The first kappa shape index (κ1) is 59.3. The lowest BCUT2D eigenvalue weighted by atomic mass is 9.76. The van der Waals surface area contributed by atoms with Crippen molar-refractivity contribution in [2.45, 2.75) is 187 Å². The number of tetrazole rings is 1. The lowest BCUT2D eigenvalue weighted by Gasteiger charge is -2.39. The summed E-state index contributed by atoms with van der Waals surface area (Å²) in [4.78, 5) is 72.3. The predicted octanol–water partition coefficient (Wildman–Crippen LogP) is 7.05. The number of H-pyrrole nitrogens is 1. The van der Waals surface area contributed by atoms with Gasteiger partial charge in [-0.3, -0.25) is 19.2 Å². The van der Waals surface area contributed by atoms with Gasteiger partial charge in [-0.15, -0.1) is 10.2 Å². The Hall–Kier alpha value is -4.26. The van der Waals surface area contributed by atoms with E-state index >= 15 is 0 Å². The number of cyclic esters (lactones) is 1. The van der Waals surface area contributed by atoms with Crippen LogP contribution in [0.5, 0.6) is 0 Å². The van der Waals surface area contributed by atoms with Gasteiger partial charge in [-0.05, 0) is 113 Å². The first-order valence-electron chi connectivity index (χ1n) is 25.9. The number of ether oxygens (including phenoxy) is 5. The number of piperidine rings is 1. The number of amides is 1. The summed E-state index contributed by atoms with van der Waals surface area (Å²) in [6.07, 6.45) is 15.7. The molecule has 4 aliphatic rings. The van der Waals surface area contributed by atoms with Crippen molar-refractivity contribution in [1.29, 1.82) is 0 Å². The smallest absolute Gasteiger partial charge is 0.329 e. The Morgan fingerprint density at radius 1 is 0.873 bits per heavy atom. The van der Waals surface area contributed by atoms with Crippen LogP contribution in [-0.2, 0) is 47.7 Å². The van der Waals surface area contributed by atoms with Crippen LogP contribution in [0.3, 0.4) is 0 Å². The van der Waals surface area contributed by atoms with Gasteiger partial charge >= 0.3 is 5.97 Å². The number of nitrogens with zero attached hydrogens (tertiary/aromatic N) is 4. The maximum atomic E-state index is 14.4. The molecule has 1 saturated carbocycles. The van der Waals surface area contributed by atoms with E-state index < -0.39 is 77.8 Å². The number of aromatic nitrogens is 4. The summed E-state index contributed by atoms with van der Waals surface area (Å²) in [6, 6.07) is -1.11. The second-order valence-corrected chi connectivity index (χ2v) is 20.9. The van der Waals surface area contributed by atoms with Crippen molar-refractivity contribution in [3.8, 4) is 0 Å². The van der Waals surface area contributed by atoms with Crippen LogP contribution in [0, 0.1) is 41.4 Å². The number of methoxy groups -OCH3 is 3. The average Bonchev–Trinajstić information content (AvgIpc) is 3.91. The number of nitrogens with one attached hydrogen (secondary N) is 1. The molecule has 17 heteroatoms. The zero-order valence-electron chi connectivity index (χ0n) is 44.3. The van der Waals surface area contributed by atoms with Gasteiger partial charge in [0, 0.05) is 58.5 Å². The molecule has 1 unspecified atom stereocenters. The Bertz CT molecular complexity index is 1970. The van der Waals surface area contributed by atoms with Crippen molar-refractivity contribution < 1.29 is 57.9 Å².